The van der Waals surface area contributed by atoms with E-state index in [-0.39, 0.29) is 42.6 Å². The van der Waals surface area contributed by atoms with Gasteiger partial charge in [-0.2, -0.15) is 0 Å². The minimum atomic E-state index is -0.587. The lowest BCUT2D eigenvalue weighted by Crippen LogP contribution is -2.53. The van der Waals surface area contributed by atoms with E-state index in [1.807, 2.05) is 32.2 Å². The van der Waals surface area contributed by atoms with Crippen molar-refractivity contribution in [3.05, 3.63) is 76.1 Å². The molecule has 2 aromatic heterocycles. The van der Waals surface area contributed by atoms with Crippen molar-refractivity contribution in [3.63, 3.8) is 0 Å². The second-order valence-electron chi connectivity index (χ2n) is 8.96. The summed E-state index contributed by atoms with van der Waals surface area (Å²) in [6.07, 6.45) is 2.19. The van der Waals surface area contributed by atoms with Gasteiger partial charge in [0.25, 0.3) is 5.91 Å². The molecule has 0 fully saturated rings. The maximum Gasteiger partial charge on any atom is 0.290 e. The van der Waals surface area contributed by atoms with Crippen molar-refractivity contribution in [1.82, 2.24) is 9.80 Å². The SMILES string of the molecule is CC(C)(C)N(CC(=O)N1CCc2sccc2C1COc1cccc(F)c1)C(=O)c1ccco1. The summed E-state index contributed by atoms with van der Waals surface area (Å²) in [6, 6.07) is 10.9. The van der Waals surface area contributed by atoms with Crippen LogP contribution in [0, 0.1) is 5.82 Å². The zero-order chi connectivity index (χ0) is 23.6. The molecule has 3 heterocycles. The third-order valence-electron chi connectivity index (χ3n) is 5.70. The van der Waals surface area contributed by atoms with Crippen molar-refractivity contribution in [2.75, 3.05) is 19.7 Å². The van der Waals surface area contributed by atoms with Crippen LogP contribution in [0.5, 0.6) is 5.75 Å². The maximum atomic E-state index is 13.6. The van der Waals surface area contributed by atoms with Crippen LogP contribution in [0.25, 0.3) is 0 Å². The van der Waals surface area contributed by atoms with Crippen molar-refractivity contribution in [1.29, 1.82) is 0 Å². The Morgan fingerprint density at radius 1 is 1.24 bits per heavy atom. The second kappa shape index (κ2) is 9.39. The molecule has 33 heavy (non-hydrogen) atoms. The molecule has 1 aromatic carbocycles. The lowest BCUT2D eigenvalue weighted by atomic mass is 9.99. The van der Waals surface area contributed by atoms with Crippen molar-refractivity contribution in [2.24, 2.45) is 0 Å². The predicted molar refractivity (Wildman–Crippen MR) is 124 cm³/mol. The van der Waals surface area contributed by atoms with Gasteiger partial charge in [-0.3, -0.25) is 9.59 Å². The fourth-order valence-corrected chi connectivity index (χ4v) is 4.91. The molecule has 0 aliphatic carbocycles. The first-order chi connectivity index (χ1) is 15.7. The van der Waals surface area contributed by atoms with Crippen LogP contribution in [-0.4, -0.2) is 46.8 Å². The van der Waals surface area contributed by atoms with Crippen LogP contribution in [0.15, 0.2) is 58.5 Å². The Morgan fingerprint density at radius 2 is 2.06 bits per heavy atom. The number of rotatable bonds is 6. The van der Waals surface area contributed by atoms with Gasteiger partial charge in [0.2, 0.25) is 5.91 Å². The number of carbonyl (C=O) groups excluding carboxylic acids is 2. The molecule has 0 bridgehead atoms. The molecule has 3 aromatic rings. The van der Waals surface area contributed by atoms with E-state index in [2.05, 4.69) is 0 Å². The first kappa shape index (κ1) is 23.0. The zero-order valence-electron chi connectivity index (χ0n) is 18.9. The van der Waals surface area contributed by atoms with Gasteiger partial charge in [0.15, 0.2) is 5.76 Å². The molecular formula is C25H27FN2O4S. The number of furan rings is 1. The van der Waals surface area contributed by atoms with Gasteiger partial charge < -0.3 is 19.0 Å². The number of thiophene rings is 1. The summed E-state index contributed by atoms with van der Waals surface area (Å²) in [5.41, 5.74) is 0.451. The molecule has 0 radical (unpaired) electrons. The lowest BCUT2D eigenvalue weighted by Gasteiger charge is -2.40. The monoisotopic (exact) mass is 470 g/mol. The quantitative estimate of drug-likeness (QED) is 0.513. The molecule has 0 N–H and O–H groups in total. The molecule has 174 valence electrons. The number of ether oxygens (including phenoxy) is 1. The molecular weight excluding hydrogens is 443 g/mol. The topological polar surface area (TPSA) is 63.0 Å². The minimum absolute atomic E-state index is 0.0844. The number of hydrogen-bond donors (Lipinski definition) is 0. The molecule has 1 aliphatic rings. The summed E-state index contributed by atoms with van der Waals surface area (Å²) < 4.78 is 24.8. The fourth-order valence-electron chi connectivity index (χ4n) is 3.98. The number of amides is 2. The summed E-state index contributed by atoms with van der Waals surface area (Å²) in [5, 5.41) is 2.01. The highest BCUT2D eigenvalue weighted by Crippen LogP contribution is 2.34. The molecule has 1 aliphatic heterocycles. The van der Waals surface area contributed by atoms with Gasteiger partial charge in [-0.15, -0.1) is 11.3 Å². The van der Waals surface area contributed by atoms with Gasteiger partial charge in [0, 0.05) is 23.0 Å². The Bertz CT molecular complexity index is 1120. The van der Waals surface area contributed by atoms with Crippen LogP contribution in [0.4, 0.5) is 4.39 Å². The normalized spacial score (nSPS) is 15.8. The Morgan fingerprint density at radius 3 is 2.76 bits per heavy atom. The summed E-state index contributed by atoms with van der Waals surface area (Å²) in [4.78, 5) is 31.1. The van der Waals surface area contributed by atoms with E-state index < -0.39 is 5.54 Å². The van der Waals surface area contributed by atoms with Crippen molar-refractivity contribution in [3.8, 4) is 5.75 Å². The lowest BCUT2D eigenvalue weighted by molar-refractivity contribution is -0.136. The largest absolute Gasteiger partial charge is 0.491 e. The number of nitrogens with zero attached hydrogens (tertiary/aromatic N) is 2. The van der Waals surface area contributed by atoms with E-state index >= 15 is 0 Å². The van der Waals surface area contributed by atoms with Crippen molar-refractivity contribution in [2.45, 2.75) is 38.8 Å². The van der Waals surface area contributed by atoms with Gasteiger partial charge >= 0.3 is 0 Å². The van der Waals surface area contributed by atoms with E-state index in [9.17, 15) is 14.0 Å². The molecule has 4 rings (SSSR count). The van der Waals surface area contributed by atoms with E-state index in [1.165, 1.54) is 28.2 Å². The Kier molecular flexibility index (Phi) is 6.56. The zero-order valence-corrected chi connectivity index (χ0v) is 19.7. The average molecular weight is 471 g/mol. The molecule has 0 saturated heterocycles. The van der Waals surface area contributed by atoms with E-state index in [4.69, 9.17) is 9.15 Å². The maximum absolute atomic E-state index is 13.6. The molecule has 1 atom stereocenters. The van der Waals surface area contributed by atoms with Gasteiger partial charge in [-0.25, -0.2) is 4.39 Å². The van der Waals surface area contributed by atoms with Crippen molar-refractivity contribution >= 4 is 23.2 Å². The van der Waals surface area contributed by atoms with Crippen LogP contribution >= 0.6 is 11.3 Å². The van der Waals surface area contributed by atoms with Gasteiger partial charge in [0.05, 0.1) is 12.3 Å². The number of hydrogen-bond acceptors (Lipinski definition) is 5. The molecule has 0 spiro atoms. The molecule has 8 heteroatoms. The van der Waals surface area contributed by atoms with Crippen molar-refractivity contribution < 1.29 is 23.1 Å². The molecule has 6 nitrogen and oxygen atoms in total. The minimum Gasteiger partial charge on any atom is -0.491 e. The average Bonchev–Trinajstić information content (AvgIpc) is 3.46. The number of fused-ring (bicyclic) bond motifs is 1. The molecule has 1 unspecified atom stereocenters. The summed E-state index contributed by atoms with van der Waals surface area (Å²) in [5.74, 6) is -0.273. The number of carbonyl (C=O) groups is 2. The molecule has 0 saturated carbocycles. The smallest absolute Gasteiger partial charge is 0.290 e. The van der Waals surface area contributed by atoms with Crippen LogP contribution in [-0.2, 0) is 11.2 Å². The third kappa shape index (κ3) is 5.11. The first-order valence-electron chi connectivity index (χ1n) is 10.8. The third-order valence-corrected chi connectivity index (χ3v) is 6.70. The van der Waals surface area contributed by atoms with Crippen LogP contribution in [0.2, 0.25) is 0 Å². The summed E-state index contributed by atoms with van der Waals surface area (Å²) in [7, 11) is 0. The fraction of sp³-hybridized carbons (Fsp3) is 0.360. The van der Waals surface area contributed by atoms with Crippen LogP contribution in [0.1, 0.15) is 47.8 Å². The number of benzene rings is 1. The van der Waals surface area contributed by atoms with E-state index in [0.29, 0.717) is 12.3 Å². The first-order valence-corrected chi connectivity index (χ1v) is 11.7. The van der Waals surface area contributed by atoms with Gasteiger partial charge in [-0.05, 0) is 68.5 Å². The number of halogens is 1. The highest BCUT2D eigenvalue weighted by Gasteiger charge is 2.36. The van der Waals surface area contributed by atoms with Crippen LogP contribution < -0.4 is 4.74 Å². The Labute approximate surface area is 196 Å². The van der Waals surface area contributed by atoms with Gasteiger partial charge in [-0.1, -0.05) is 6.07 Å². The predicted octanol–water partition coefficient (Wildman–Crippen LogP) is 4.93. The highest BCUT2D eigenvalue weighted by atomic mass is 32.1. The summed E-state index contributed by atoms with van der Waals surface area (Å²) >= 11 is 1.66. The van der Waals surface area contributed by atoms with Gasteiger partial charge in [0.1, 0.15) is 24.7 Å². The second-order valence-corrected chi connectivity index (χ2v) is 9.96. The Hall–Kier alpha value is -3.13. The van der Waals surface area contributed by atoms with E-state index in [1.54, 1.807) is 40.5 Å². The highest BCUT2D eigenvalue weighted by molar-refractivity contribution is 7.10. The molecule has 2 amide bonds. The van der Waals surface area contributed by atoms with Crippen LogP contribution in [0.3, 0.4) is 0 Å². The Balaban J connectivity index is 1.55. The standard InChI is InChI=1S/C25H27FN2O4S/c1-25(2,3)28(24(30)21-8-5-12-31-21)15-23(29)27-11-9-22-19(10-13-33-22)20(27)16-32-18-7-4-6-17(26)14-18/h4-8,10,12-14,20H,9,11,15-16H2,1-3H3. The van der Waals surface area contributed by atoms with E-state index in [0.717, 1.165) is 12.0 Å². The summed E-state index contributed by atoms with van der Waals surface area (Å²) in [6.45, 7) is 6.30.